The van der Waals surface area contributed by atoms with Gasteiger partial charge in [0.2, 0.25) is 21.8 Å². The first kappa shape index (κ1) is 19.6. The summed E-state index contributed by atoms with van der Waals surface area (Å²) in [6.45, 7) is 3.01. The molecule has 1 heterocycles. The Kier molecular flexibility index (Phi) is 6.47. The van der Waals surface area contributed by atoms with E-state index in [1.165, 1.54) is 43.5 Å². The Morgan fingerprint density at radius 1 is 1.15 bits per heavy atom. The SMILES string of the molecule is CCCN(CC(=O)Nc1ccon1)S(=O)(=O)c1ccc(NC(C)=O)cc1. The fraction of sp³-hybridized carbons (Fsp3) is 0.312. The maximum Gasteiger partial charge on any atom is 0.243 e. The van der Waals surface area contributed by atoms with Crippen molar-refractivity contribution >= 4 is 33.3 Å². The molecule has 2 N–H and O–H groups in total. The number of hydrogen-bond donors (Lipinski definition) is 2. The summed E-state index contributed by atoms with van der Waals surface area (Å²) in [5.74, 6) is -0.563. The van der Waals surface area contributed by atoms with Crippen LogP contribution in [0.4, 0.5) is 11.5 Å². The second kappa shape index (κ2) is 8.59. The van der Waals surface area contributed by atoms with Crippen molar-refractivity contribution < 1.29 is 22.5 Å². The van der Waals surface area contributed by atoms with Gasteiger partial charge in [-0.25, -0.2) is 8.42 Å². The summed E-state index contributed by atoms with van der Waals surface area (Å²) in [6.07, 6.45) is 1.84. The Bertz CT molecular complexity index is 847. The predicted octanol–water partition coefficient (Wildman–Crippen LogP) is 1.67. The number of amides is 2. The van der Waals surface area contributed by atoms with E-state index in [9.17, 15) is 18.0 Å². The average molecular weight is 380 g/mol. The molecule has 9 nitrogen and oxygen atoms in total. The van der Waals surface area contributed by atoms with Gasteiger partial charge in [-0.3, -0.25) is 9.59 Å². The Labute approximate surface area is 151 Å². The quantitative estimate of drug-likeness (QED) is 0.718. The molecule has 1 aromatic carbocycles. The number of carbonyl (C=O) groups excluding carboxylic acids is 2. The molecule has 0 saturated heterocycles. The second-order valence-electron chi connectivity index (χ2n) is 5.48. The van der Waals surface area contributed by atoms with Crippen molar-refractivity contribution in [2.45, 2.75) is 25.2 Å². The van der Waals surface area contributed by atoms with Crippen LogP contribution in [-0.2, 0) is 19.6 Å². The lowest BCUT2D eigenvalue weighted by Crippen LogP contribution is -2.38. The topological polar surface area (TPSA) is 122 Å². The fourth-order valence-electron chi connectivity index (χ4n) is 2.22. The standard InChI is InChI=1S/C16H20N4O5S/c1-3-9-20(11-16(22)18-15-8-10-25-19-15)26(23,24)14-6-4-13(5-7-14)17-12(2)21/h4-8,10H,3,9,11H2,1-2H3,(H,17,21)(H,18,19,22). The van der Waals surface area contributed by atoms with Gasteiger partial charge in [0.05, 0.1) is 11.4 Å². The van der Waals surface area contributed by atoms with Gasteiger partial charge in [0.25, 0.3) is 0 Å². The van der Waals surface area contributed by atoms with E-state index in [-0.39, 0.29) is 29.7 Å². The number of rotatable bonds is 8. The number of sulfonamides is 1. The summed E-state index contributed by atoms with van der Waals surface area (Å²) in [6, 6.07) is 7.22. The minimum absolute atomic E-state index is 0.0364. The number of carbonyl (C=O) groups is 2. The largest absolute Gasteiger partial charge is 0.363 e. The molecular formula is C16H20N4O5S. The normalized spacial score (nSPS) is 11.3. The number of anilines is 2. The van der Waals surface area contributed by atoms with Crippen LogP contribution in [-0.4, -0.2) is 42.8 Å². The van der Waals surface area contributed by atoms with Crippen LogP contribution < -0.4 is 10.6 Å². The van der Waals surface area contributed by atoms with Crippen molar-refractivity contribution in [1.29, 1.82) is 0 Å². The molecule has 0 saturated carbocycles. The zero-order valence-electron chi connectivity index (χ0n) is 14.4. The van der Waals surface area contributed by atoms with Crippen LogP contribution in [0.15, 0.2) is 46.0 Å². The zero-order valence-corrected chi connectivity index (χ0v) is 15.2. The van der Waals surface area contributed by atoms with Crippen molar-refractivity contribution in [2.24, 2.45) is 0 Å². The molecule has 0 radical (unpaired) electrons. The van der Waals surface area contributed by atoms with Gasteiger partial charge < -0.3 is 15.2 Å². The first-order chi connectivity index (χ1) is 12.3. The van der Waals surface area contributed by atoms with Crippen molar-refractivity contribution in [3.63, 3.8) is 0 Å². The summed E-state index contributed by atoms with van der Waals surface area (Å²) in [5, 5.41) is 8.59. The highest BCUT2D eigenvalue weighted by Gasteiger charge is 2.26. The number of hydrogen-bond acceptors (Lipinski definition) is 6. The lowest BCUT2D eigenvalue weighted by atomic mass is 10.3. The fourth-order valence-corrected chi connectivity index (χ4v) is 3.70. The first-order valence-corrected chi connectivity index (χ1v) is 9.35. The van der Waals surface area contributed by atoms with Crippen LogP contribution in [0.2, 0.25) is 0 Å². The van der Waals surface area contributed by atoms with Crippen molar-refractivity contribution in [2.75, 3.05) is 23.7 Å². The minimum Gasteiger partial charge on any atom is -0.363 e. The highest BCUT2D eigenvalue weighted by Crippen LogP contribution is 2.19. The summed E-state index contributed by atoms with van der Waals surface area (Å²) in [4.78, 5) is 23.2. The Hall–Kier alpha value is -2.72. The van der Waals surface area contributed by atoms with E-state index >= 15 is 0 Å². The molecule has 0 aliphatic carbocycles. The second-order valence-corrected chi connectivity index (χ2v) is 7.41. The van der Waals surface area contributed by atoms with Gasteiger partial charge in [0.1, 0.15) is 6.26 Å². The number of nitrogens with one attached hydrogen (secondary N) is 2. The van der Waals surface area contributed by atoms with Gasteiger partial charge in [-0.15, -0.1) is 0 Å². The van der Waals surface area contributed by atoms with E-state index in [0.29, 0.717) is 12.1 Å². The summed E-state index contributed by atoms with van der Waals surface area (Å²) in [5.41, 5.74) is 0.488. The lowest BCUT2D eigenvalue weighted by Gasteiger charge is -2.21. The molecule has 26 heavy (non-hydrogen) atoms. The molecule has 0 unspecified atom stereocenters. The molecular weight excluding hydrogens is 360 g/mol. The van der Waals surface area contributed by atoms with Gasteiger partial charge in [-0.2, -0.15) is 4.31 Å². The van der Waals surface area contributed by atoms with Crippen LogP contribution in [0.3, 0.4) is 0 Å². The molecule has 0 spiro atoms. The summed E-state index contributed by atoms with van der Waals surface area (Å²) >= 11 is 0. The van der Waals surface area contributed by atoms with Crippen LogP contribution in [0.25, 0.3) is 0 Å². The smallest absolute Gasteiger partial charge is 0.243 e. The molecule has 2 amide bonds. The average Bonchev–Trinajstić information content (AvgIpc) is 3.07. The maximum atomic E-state index is 12.8. The summed E-state index contributed by atoms with van der Waals surface area (Å²) < 4.78 is 31.3. The first-order valence-electron chi connectivity index (χ1n) is 7.91. The number of benzene rings is 1. The Balaban J connectivity index is 2.15. The molecule has 2 aromatic rings. The number of nitrogens with zero attached hydrogens (tertiary/aromatic N) is 2. The van der Waals surface area contributed by atoms with E-state index in [0.717, 1.165) is 4.31 Å². The highest BCUT2D eigenvalue weighted by atomic mass is 32.2. The minimum atomic E-state index is -3.87. The van der Waals surface area contributed by atoms with Crippen molar-refractivity contribution in [3.05, 3.63) is 36.6 Å². The highest BCUT2D eigenvalue weighted by molar-refractivity contribution is 7.89. The summed E-state index contributed by atoms with van der Waals surface area (Å²) in [7, 11) is -3.87. The van der Waals surface area contributed by atoms with Gasteiger partial charge in [0, 0.05) is 25.2 Å². The predicted molar refractivity (Wildman–Crippen MR) is 94.9 cm³/mol. The van der Waals surface area contributed by atoms with Crippen LogP contribution >= 0.6 is 0 Å². The van der Waals surface area contributed by atoms with E-state index in [1.54, 1.807) is 0 Å². The van der Waals surface area contributed by atoms with E-state index < -0.39 is 15.9 Å². The molecule has 10 heteroatoms. The van der Waals surface area contributed by atoms with Crippen LogP contribution in [0.1, 0.15) is 20.3 Å². The van der Waals surface area contributed by atoms with Crippen LogP contribution in [0.5, 0.6) is 0 Å². The van der Waals surface area contributed by atoms with E-state index in [4.69, 9.17) is 0 Å². The molecule has 0 fully saturated rings. The zero-order chi connectivity index (χ0) is 19.2. The maximum absolute atomic E-state index is 12.8. The third-order valence-corrected chi connectivity index (χ3v) is 5.17. The molecule has 0 bridgehead atoms. The third kappa shape index (κ3) is 5.14. The number of aromatic nitrogens is 1. The van der Waals surface area contributed by atoms with Crippen LogP contribution in [0, 0.1) is 0 Å². The van der Waals surface area contributed by atoms with Gasteiger partial charge in [0.15, 0.2) is 5.82 Å². The van der Waals surface area contributed by atoms with Gasteiger partial charge in [-0.05, 0) is 30.7 Å². The lowest BCUT2D eigenvalue weighted by molar-refractivity contribution is -0.116. The van der Waals surface area contributed by atoms with Gasteiger partial charge in [-0.1, -0.05) is 12.1 Å². The molecule has 140 valence electrons. The molecule has 1 aromatic heterocycles. The van der Waals surface area contributed by atoms with Crippen molar-refractivity contribution in [3.8, 4) is 0 Å². The van der Waals surface area contributed by atoms with E-state index in [2.05, 4.69) is 20.3 Å². The Morgan fingerprint density at radius 2 is 1.85 bits per heavy atom. The van der Waals surface area contributed by atoms with Gasteiger partial charge >= 0.3 is 0 Å². The molecule has 0 aliphatic rings. The molecule has 2 rings (SSSR count). The van der Waals surface area contributed by atoms with E-state index in [1.807, 2.05) is 6.92 Å². The Morgan fingerprint density at radius 3 is 2.38 bits per heavy atom. The monoisotopic (exact) mass is 380 g/mol. The third-order valence-electron chi connectivity index (χ3n) is 3.31. The molecule has 0 aliphatic heterocycles. The van der Waals surface area contributed by atoms with Crippen molar-refractivity contribution in [1.82, 2.24) is 9.46 Å². The molecule has 0 atom stereocenters.